The Morgan fingerprint density at radius 2 is 2.30 bits per heavy atom. The Hall–Kier alpha value is -2.21. The Bertz CT molecular complexity index is 636. The molecule has 3 rings (SSSR count). The highest BCUT2D eigenvalue weighted by molar-refractivity contribution is 5.96. The van der Waals surface area contributed by atoms with Crippen molar-refractivity contribution in [2.75, 3.05) is 18.0 Å². The van der Waals surface area contributed by atoms with Crippen LogP contribution in [0.15, 0.2) is 30.6 Å². The average Bonchev–Trinajstić information content (AvgIpc) is 3.05. The average molecular weight is 271 g/mol. The summed E-state index contributed by atoms with van der Waals surface area (Å²) in [5.41, 5.74) is 7.51. The van der Waals surface area contributed by atoms with Gasteiger partial charge in [-0.15, -0.1) is 10.2 Å². The van der Waals surface area contributed by atoms with Crippen molar-refractivity contribution in [1.82, 2.24) is 14.8 Å². The number of carbonyl (C=O) groups is 1. The second-order valence-electron chi connectivity index (χ2n) is 5.13. The van der Waals surface area contributed by atoms with E-state index < -0.39 is 0 Å². The van der Waals surface area contributed by atoms with E-state index in [-0.39, 0.29) is 11.8 Å². The summed E-state index contributed by atoms with van der Waals surface area (Å²) in [5, 5.41) is 7.97. The molecule has 1 atom stereocenters. The van der Waals surface area contributed by atoms with Crippen molar-refractivity contribution in [2.24, 2.45) is 18.7 Å². The minimum Gasteiger partial charge on any atom is -0.330 e. The quantitative estimate of drug-likeness (QED) is 0.895. The number of rotatable bonds is 3. The van der Waals surface area contributed by atoms with Crippen molar-refractivity contribution in [2.45, 2.75) is 6.42 Å². The van der Waals surface area contributed by atoms with E-state index in [9.17, 15) is 4.79 Å². The highest BCUT2D eigenvalue weighted by Crippen LogP contribution is 2.28. The fourth-order valence-corrected chi connectivity index (χ4v) is 2.55. The first-order valence-corrected chi connectivity index (χ1v) is 6.64. The number of aromatic nitrogens is 3. The van der Waals surface area contributed by atoms with Gasteiger partial charge in [0.25, 0.3) is 0 Å². The summed E-state index contributed by atoms with van der Waals surface area (Å²) in [4.78, 5) is 13.8. The SMILES string of the molecule is Cn1cnnc1-c1cccc(N2CC(CN)CC2=O)c1. The lowest BCUT2D eigenvalue weighted by molar-refractivity contribution is -0.117. The number of nitrogens with zero attached hydrogens (tertiary/aromatic N) is 4. The summed E-state index contributed by atoms with van der Waals surface area (Å²) >= 11 is 0. The number of amides is 1. The number of carbonyl (C=O) groups excluding carboxylic acids is 1. The predicted octanol–water partition coefficient (Wildman–Crippen LogP) is 0.794. The van der Waals surface area contributed by atoms with Crippen LogP contribution in [0.5, 0.6) is 0 Å². The van der Waals surface area contributed by atoms with Gasteiger partial charge in [0.1, 0.15) is 6.33 Å². The zero-order chi connectivity index (χ0) is 14.1. The van der Waals surface area contributed by atoms with E-state index in [0.29, 0.717) is 19.5 Å². The molecule has 6 nitrogen and oxygen atoms in total. The van der Waals surface area contributed by atoms with E-state index in [2.05, 4.69) is 10.2 Å². The first-order valence-electron chi connectivity index (χ1n) is 6.64. The minimum absolute atomic E-state index is 0.135. The number of hydrogen-bond donors (Lipinski definition) is 1. The van der Waals surface area contributed by atoms with Crippen LogP contribution in [0.25, 0.3) is 11.4 Å². The number of nitrogens with two attached hydrogens (primary N) is 1. The zero-order valence-electron chi connectivity index (χ0n) is 11.4. The fourth-order valence-electron chi connectivity index (χ4n) is 2.55. The predicted molar refractivity (Wildman–Crippen MR) is 76.0 cm³/mol. The van der Waals surface area contributed by atoms with Crippen LogP contribution < -0.4 is 10.6 Å². The van der Waals surface area contributed by atoms with Crippen LogP contribution >= 0.6 is 0 Å². The van der Waals surface area contributed by atoms with Crippen LogP contribution in [0.3, 0.4) is 0 Å². The molecule has 1 aliphatic rings. The summed E-state index contributed by atoms with van der Waals surface area (Å²) in [6.07, 6.45) is 2.19. The van der Waals surface area contributed by atoms with Crippen molar-refractivity contribution >= 4 is 11.6 Å². The Morgan fingerprint density at radius 1 is 1.45 bits per heavy atom. The van der Waals surface area contributed by atoms with E-state index in [0.717, 1.165) is 17.1 Å². The normalized spacial score (nSPS) is 18.8. The Kier molecular flexibility index (Phi) is 3.23. The van der Waals surface area contributed by atoms with Crippen molar-refractivity contribution in [3.05, 3.63) is 30.6 Å². The van der Waals surface area contributed by atoms with Crippen LogP contribution in [0, 0.1) is 5.92 Å². The number of aryl methyl sites for hydroxylation is 1. The summed E-state index contributed by atoms with van der Waals surface area (Å²) in [7, 11) is 1.90. The lowest BCUT2D eigenvalue weighted by atomic mass is 10.1. The molecule has 1 unspecified atom stereocenters. The maximum atomic E-state index is 12.0. The number of hydrogen-bond acceptors (Lipinski definition) is 4. The first-order chi connectivity index (χ1) is 9.69. The molecule has 104 valence electrons. The van der Waals surface area contributed by atoms with Crippen molar-refractivity contribution in [3.63, 3.8) is 0 Å². The van der Waals surface area contributed by atoms with Gasteiger partial charge in [0.2, 0.25) is 5.91 Å². The van der Waals surface area contributed by atoms with Gasteiger partial charge >= 0.3 is 0 Å². The van der Waals surface area contributed by atoms with Crippen LogP contribution in [0.2, 0.25) is 0 Å². The number of anilines is 1. The molecular formula is C14H17N5O. The minimum atomic E-state index is 0.135. The maximum Gasteiger partial charge on any atom is 0.227 e. The molecule has 1 aromatic carbocycles. The maximum absolute atomic E-state index is 12.0. The summed E-state index contributed by atoms with van der Waals surface area (Å²) < 4.78 is 1.85. The summed E-state index contributed by atoms with van der Waals surface area (Å²) in [5.74, 6) is 1.17. The van der Waals surface area contributed by atoms with Gasteiger partial charge < -0.3 is 15.2 Å². The molecule has 1 saturated heterocycles. The van der Waals surface area contributed by atoms with E-state index in [1.165, 1.54) is 0 Å². The molecule has 0 spiro atoms. The first kappa shape index (κ1) is 12.8. The van der Waals surface area contributed by atoms with Gasteiger partial charge in [0.05, 0.1) is 0 Å². The molecule has 6 heteroatoms. The Morgan fingerprint density at radius 3 is 2.95 bits per heavy atom. The van der Waals surface area contributed by atoms with E-state index >= 15 is 0 Å². The van der Waals surface area contributed by atoms with E-state index in [1.807, 2.05) is 35.9 Å². The van der Waals surface area contributed by atoms with Crippen molar-refractivity contribution in [3.8, 4) is 11.4 Å². The Labute approximate surface area is 117 Å². The second-order valence-corrected chi connectivity index (χ2v) is 5.13. The van der Waals surface area contributed by atoms with E-state index in [1.54, 1.807) is 11.2 Å². The molecule has 1 amide bonds. The van der Waals surface area contributed by atoms with Gasteiger partial charge in [-0.3, -0.25) is 4.79 Å². The standard InChI is InChI=1S/C14H17N5O/c1-18-9-16-17-14(18)11-3-2-4-12(6-11)19-8-10(7-15)5-13(19)20/h2-4,6,9-10H,5,7-8,15H2,1H3. The van der Waals surface area contributed by atoms with Gasteiger partial charge in [0, 0.05) is 31.3 Å². The van der Waals surface area contributed by atoms with Gasteiger partial charge in [-0.25, -0.2) is 0 Å². The smallest absolute Gasteiger partial charge is 0.227 e. The topological polar surface area (TPSA) is 77.0 Å². The molecule has 1 aromatic heterocycles. The second kappa shape index (κ2) is 5.05. The third kappa shape index (κ3) is 2.18. The van der Waals surface area contributed by atoms with Crippen LogP contribution in [0.1, 0.15) is 6.42 Å². The van der Waals surface area contributed by atoms with Crippen LogP contribution in [-0.2, 0) is 11.8 Å². The molecule has 2 N–H and O–H groups in total. The molecule has 20 heavy (non-hydrogen) atoms. The van der Waals surface area contributed by atoms with Crippen molar-refractivity contribution in [1.29, 1.82) is 0 Å². The lowest BCUT2D eigenvalue weighted by Gasteiger charge is -2.17. The molecule has 1 aliphatic heterocycles. The monoisotopic (exact) mass is 271 g/mol. The van der Waals surface area contributed by atoms with Gasteiger partial charge in [-0.2, -0.15) is 0 Å². The van der Waals surface area contributed by atoms with Crippen LogP contribution in [0.4, 0.5) is 5.69 Å². The molecular weight excluding hydrogens is 254 g/mol. The molecule has 0 radical (unpaired) electrons. The van der Waals surface area contributed by atoms with E-state index in [4.69, 9.17) is 5.73 Å². The zero-order valence-corrected chi connectivity index (χ0v) is 11.4. The molecule has 1 fully saturated rings. The summed E-state index contributed by atoms with van der Waals surface area (Å²) in [6.45, 7) is 1.24. The molecule has 2 aromatic rings. The summed E-state index contributed by atoms with van der Waals surface area (Å²) in [6, 6.07) is 7.81. The van der Waals surface area contributed by atoms with Crippen molar-refractivity contribution < 1.29 is 4.79 Å². The van der Waals surface area contributed by atoms with Gasteiger partial charge in [-0.05, 0) is 24.6 Å². The highest BCUT2D eigenvalue weighted by atomic mass is 16.2. The molecule has 0 saturated carbocycles. The Balaban J connectivity index is 1.92. The lowest BCUT2D eigenvalue weighted by Crippen LogP contribution is -2.25. The largest absolute Gasteiger partial charge is 0.330 e. The third-order valence-corrected chi connectivity index (χ3v) is 3.67. The van der Waals surface area contributed by atoms with Gasteiger partial charge in [-0.1, -0.05) is 12.1 Å². The number of benzene rings is 1. The molecule has 0 bridgehead atoms. The molecule has 0 aliphatic carbocycles. The third-order valence-electron chi connectivity index (χ3n) is 3.67. The molecule has 2 heterocycles. The van der Waals surface area contributed by atoms with Crippen LogP contribution in [-0.4, -0.2) is 33.8 Å². The van der Waals surface area contributed by atoms with Gasteiger partial charge in [0.15, 0.2) is 5.82 Å². The fraction of sp³-hybridized carbons (Fsp3) is 0.357. The highest BCUT2D eigenvalue weighted by Gasteiger charge is 2.29.